The Morgan fingerprint density at radius 2 is 1.90 bits per heavy atom. The molecule has 1 aromatic heterocycles. The van der Waals surface area contributed by atoms with Gasteiger partial charge in [0.1, 0.15) is 5.56 Å². The topological polar surface area (TPSA) is 106 Å². The second-order valence-electron chi connectivity index (χ2n) is 7.86. The lowest BCUT2D eigenvalue weighted by Crippen LogP contribution is -2.49. The molecule has 1 atom stereocenters. The molecule has 1 aliphatic carbocycles. The molecular formula is C20H24Cl2FN3O5. The molecule has 0 amide bonds. The van der Waals surface area contributed by atoms with Crippen LogP contribution in [0.5, 0.6) is 0 Å². The van der Waals surface area contributed by atoms with Crippen LogP contribution in [0.25, 0.3) is 10.9 Å². The van der Waals surface area contributed by atoms with E-state index in [1.54, 1.807) is 9.47 Å². The molecule has 1 saturated carbocycles. The summed E-state index contributed by atoms with van der Waals surface area (Å²) < 4.78 is 17.3. The first-order valence-electron chi connectivity index (χ1n) is 9.88. The first-order valence-corrected chi connectivity index (χ1v) is 10.3. The van der Waals surface area contributed by atoms with Crippen molar-refractivity contribution in [3.8, 4) is 0 Å². The van der Waals surface area contributed by atoms with Crippen LogP contribution in [0.2, 0.25) is 5.02 Å². The number of carbonyl (C=O) groups is 1. The van der Waals surface area contributed by atoms with Crippen molar-refractivity contribution < 1.29 is 24.5 Å². The van der Waals surface area contributed by atoms with Crippen molar-refractivity contribution in [3.63, 3.8) is 0 Å². The number of aliphatic hydroxyl groups is 2. The van der Waals surface area contributed by atoms with Crippen molar-refractivity contribution in [1.29, 1.82) is 0 Å². The SMILES string of the molecule is Cl.O=C(O)c1cn(C2CC2)c2c(F)c(N3CCN(CC(O)CO)CC3)c(Cl)cc2c1=O. The highest BCUT2D eigenvalue weighted by molar-refractivity contribution is 6.34. The molecule has 31 heavy (non-hydrogen) atoms. The highest BCUT2D eigenvalue weighted by Crippen LogP contribution is 2.41. The molecular weight excluding hydrogens is 452 g/mol. The molecule has 8 nitrogen and oxygen atoms in total. The van der Waals surface area contributed by atoms with Gasteiger partial charge in [-0.05, 0) is 18.9 Å². The minimum Gasteiger partial charge on any atom is -0.477 e. The lowest BCUT2D eigenvalue weighted by atomic mass is 10.1. The molecule has 2 heterocycles. The number of aromatic carboxylic acids is 1. The number of benzene rings is 1. The van der Waals surface area contributed by atoms with Gasteiger partial charge in [-0.2, -0.15) is 0 Å². The molecule has 1 saturated heterocycles. The number of hydrogen-bond donors (Lipinski definition) is 3. The first kappa shape index (κ1) is 23.7. The number of fused-ring (bicyclic) bond motifs is 1. The van der Waals surface area contributed by atoms with E-state index in [9.17, 15) is 19.8 Å². The Labute approximate surface area is 188 Å². The lowest BCUT2D eigenvalue weighted by Gasteiger charge is -2.37. The maximum Gasteiger partial charge on any atom is 0.341 e. The van der Waals surface area contributed by atoms with Gasteiger partial charge in [0.2, 0.25) is 5.43 Å². The van der Waals surface area contributed by atoms with Crippen molar-refractivity contribution in [2.24, 2.45) is 0 Å². The van der Waals surface area contributed by atoms with Gasteiger partial charge in [-0.3, -0.25) is 9.69 Å². The zero-order valence-corrected chi connectivity index (χ0v) is 18.2. The number of β-amino-alcohol motifs (C(OH)–C–C–N with tert-alkyl or cyclic N) is 1. The summed E-state index contributed by atoms with van der Waals surface area (Å²) in [5.41, 5.74) is -0.855. The number of halogens is 3. The molecule has 2 aliphatic rings. The molecule has 0 spiro atoms. The number of aromatic nitrogens is 1. The van der Waals surface area contributed by atoms with Crippen molar-refractivity contribution in [3.05, 3.63) is 38.9 Å². The summed E-state index contributed by atoms with van der Waals surface area (Å²) in [4.78, 5) is 27.9. The third kappa shape index (κ3) is 4.51. The van der Waals surface area contributed by atoms with Crippen LogP contribution in [0.15, 0.2) is 17.1 Å². The summed E-state index contributed by atoms with van der Waals surface area (Å²) in [6.07, 6.45) is 1.99. The number of piperazine rings is 1. The van der Waals surface area contributed by atoms with Crippen molar-refractivity contribution in [1.82, 2.24) is 9.47 Å². The van der Waals surface area contributed by atoms with Gasteiger partial charge < -0.3 is 24.8 Å². The maximum absolute atomic E-state index is 15.7. The van der Waals surface area contributed by atoms with Crippen LogP contribution < -0.4 is 10.3 Å². The lowest BCUT2D eigenvalue weighted by molar-refractivity contribution is 0.0574. The maximum atomic E-state index is 15.7. The molecule has 1 unspecified atom stereocenters. The number of aliphatic hydroxyl groups excluding tert-OH is 2. The highest BCUT2D eigenvalue weighted by atomic mass is 35.5. The van der Waals surface area contributed by atoms with Crippen molar-refractivity contribution in [2.45, 2.75) is 25.0 Å². The van der Waals surface area contributed by atoms with Crippen LogP contribution in [0, 0.1) is 5.82 Å². The molecule has 11 heteroatoms. The fourth-order valence-electron chi connectivity index (χ4n) is 4.02. The van der Waals surface area contributed by atoms with Gasteiger partial charge in [0.15, 0.2) is 5.82 Å². The van der Waals surface area contributed by atoms with Gasteiger partial charge in [0.25, 0.3) is 0 Å². The standard InChI is InChI=1S/C20H23ClFN3O5.ClH/c21-15-7-13-17(25(11-1-2-11)9-14(19(13)28)20(29)30)16(22)18(15)24-5-3-23(4-6-24)8-12(27)10-26;/h7,9,11-12,26-27H,1-6,8,10H2,(H,29,30);1H. The largest absolute Gasteiger partial charge is 0.477 e. The third-order valence-electron chi connectivity index (χ3n) is 5.72. The van der Waals surface area contributed by atoms with E-state index in [-0.39, 0.29) is 46.7 Å². The number of anilines is 1. The number of nitrogens with zero attached hydrogens (tertiary/aromatic N) is 3. The Balaban J connectivity index is 0.00000272. The van der Waals surface area contributed by atoms with Crippen LogP contribution in [-0.4, -0.2) is 76.2 Å². The van der Waals surface area contributed by atoms with E-state index < -0.39 is 28.9 Å². The Hall–Kier alpha value is -1.91. The normalized spacial score (nSPS) is 18.1. The minimum absolute atomic E-state index is 0. The van der Waals surface area contributed by atoms with E-state index in [1.165, 1.54) is 12.3 Å². The molecule has 3 N–H and O–H groups in total. The molecule has 2 aromatic rings. The second-order valence-corrected chi connectivity index (χ2v) is 8.26. The van der Waals surface area contributed by atoms with Crippen molar-refractivity contribution >= 4 is 46.6 Å². The summed E-state index contributed by atoms with van der Waals surface area (Å²) in [5.74, 6) is -1.97. The molecule has 2 fully saturated rings. The van der Waals surface area contributed by atoms with E-state index in [2.05, 4.69) is 0 Å². The van der Waals surface area contributed by atoms with Crippen LogP contribution >= 0.6 is 24.0 Å². The van der Waals surface area contributed by atoms with Crippen LogP contribution in [0.4, 0.5) is 10.1 Å². The van der Waals surface area contributed by atoms with Gasteiger partial charge in [-0.1, -0.05) is 11.6 Å². The zero-order valence-electron chi connectivity index (χ0n) is 16.6. The summed E-state index contributed by atoms with van der Waals surface area (Å²) in [6, 6.07) is 1.33. The summed E-state index contributed by atoms with van der Waals surface area (Å²) in [7, 11) is 0. The third-order valence-corrected chi connectivity index (χ3v) is 6.01. The Kier molecular flexibility index (Phi) is 7.12. The van der Waals surface area contributed by atoms with E-state index in [0.717, 1.165) is 12.8 Å². The van der Waals surface area contributed by atoms with Gasteiger partial charge >= 0.3 is 5.97 Å². The van der Waals surface area contributed by atoms with Gasteiger partial charge in [0.05, 0.1) is 34.3 Å². The molecule has 4 rings (SSSR count). The molecule has 170 valence electrons. The van der Waals surface area contributed by atoms with Crippen LogP contribution in [-0.2, 0) is 0 Å². The smallest absolute Gasteiger partial charge is 0.341 e. The zero-order chi connectivity index (χ0) is 21.6. The fraction of sp³-hybridized carbons (Fsp3) is 0.500. The Morgan fingerprint density at radius 1 is 1.26 bits per heavy atom. The molecule has 1 aromatic carbocycles. The minimum atomic E-state index is -1.35. The second kappa shape index (κ2) is 9.30. The van der Waals surface area contributed by atoms with Gasteiger partial charge in [-0.15, -0.1) is 12.4 Å². The molecule has 1 aliphatic heterocycles. The highest BCUT2D eigenvalue weighted by Gasteiger charge is 2.31. The summed E-state index contributed by atoms with van der Waals surface area (Å²) >= 11 is 6.37. The van der Waals surface area contributed by atoms with E-state index in [4.69, 9.17) is 16.7 Å². The number of pyridine rings is 1. The number of hydrogen-bond acceptors (Lipinski definition) is 6. The predicted octanol–water partition coefficient (Wildman–Crippen LogP) is 1.72. The Morgan fingerprint density at radius 3 is 2.45 bits per heavy atom. The quantitative estimate of drug-likeness (QED) is 0.583. The number of rotatable bonds is 6. The first-order chi connectivity index (χ1) is 14.3. The number of carboxylic acids is 1. The molecule has 0 radical (unpaired) electrons. The van der Waals surface area contributed by atoms with Crippen LogP contribution in [0.1, 0.15) is 29.2 Å². The Bertz CT molecular complexity index is 1050. The monoisotopic (exact) mass is 475 g/mol. The average Bonchev–Trinajstić information content (AvgIpc) is 3.55. The van der Waals surface area contributed by atoms with Gasteiger partial charge in [-0.25, -0.2) is 9.18 Å². The predicted molar refractivity (Wildman–Crippen MR) is 117 cm³/mol. The van der Waals surface area contributed by atoms with E-state index >= 15 is 4.39 Å². The van der Waals surface area contributed by atoms with Crippen LogP contribution in [0.3, 0.4) is 0 Å². The van der Waals surface area contributed by atoms with E-state index in [0.29, 0.717) is 32.7 Å². The van der Waals surface area contributed by atoms with Gasteiger partial charge in [0, 0.05) is 45.0 Å². The van der Waals surface area contributed by atoms with Crippen molar-refractivity contribution in [2.75, 3.05) is 44.2 Å². The summed E-state index contributed by atoms with van der Waals surface area (Å²) in [6.45, 7) is 2.04. The summed E-state index contributed by atoms with van der Waals surface area (Å²) in [5, 5.41) is 28.0. The number of carboxylic acid groups (broad SMARTS) is 1. The average molecular weight is 476 g/mol. The fourth-order valence-corrected chi connectivity index (χ4v) is 4.34. The van der Waals surface area contributed by atoms with E-state index in [1.807, 2.05) is 4.90 Å². The molecule has 0 bridgehead atoms.